The second-order valence-corrected chi connectivity index (χ2v) is 4.48. The third-order valence-electron chi connectivity index (χ3n) is 2.64. The Kier molecular flexibility index (Phi) is 4.80. The maximum absolute atomic E-state index is 12.9. The lowest BCUT2D eigenvalue weighted by Crippen LogP contribution is -2.00. The fourth-order valence-corrected chi connectivity index (χ4v) is 1.88. The number of halogens is 2. The third kappa shape index (κ3) is 3.87. The Labute approximate surface area is 121 Å². The second-order valence-electron chi connectivity index (χ2n) is 4.07. The van der Waals surface area contributed by atoms with E-state index in [0.29, 0.717) is 23.0 Å². The molecule has 102 valence electrons. The molecule has 0 fully saturated rings. The van der Waals surface area contributed by atoms with Crippen LogP contribution in [0.5, 0.6) is 5.75 Å². The van der Waals surface area contributed by atoms with Crippen molar-refractivity contribution in [3.8, 4) is 11.8 Å². The van der Waals surface area contributed by atoms with Gasteiger partial charge in [0.05, 0.1) is 10.7 Å². The molecule has 0 saturated carbocycles. The molecule has 0 aliphatic carbocycles. The molecule has 5 heteroatoms. The van der Waals surface area contributed by atoms with E-state index in [2.05, 4.69) is 5.32 Å². The molecular formula is C15H12ClFN2O. The molecule has 0 aromatic heterocycles. The van der Waals surface area contributed by atoms with E-state index in [9.17, 15) is 4.39 Å². The van der Waals surface area contributed by atoms with E-state index in [4.69, 9.17) is 21.6 Å². The number of hydrogen-bond donors (Lipinski definition) is 1. The van der Waals surface area contributed by atoms with E-state index >= 15 is 0 Å². The zero-order valence-electron chi connectivity index (χ0n) is 10.6. The lowest BCUT2D eigenvalue weighted by atomic mass is 10.2. The molecule has 0 unspecified atom stereocenters. The van der Waals surface area contributed by atoms with E-state index in [1.807, 2.05) is 18.2 Å². The molecule has 2 aromatic carbocycles. The fourth-order valence-electron chi connectivity index (χ4n) is 1.65. The van der Waals surface area contributed by atoms with Gasteiger partial charge in [-0.25, -0.2) is 4.39 Å². The van der Waals surface area contributed by atoms with Gasteiger partial charge >= 0.3 is 0 Å². The molecule has 0 saturated heterocycles. The Morgan fingerprint density at radius 2 is 1.95 bits per heavy atom. The molecule has 2 rings (SSSR count). The normalized spacial score (nSPS) is 9.85. The summed E-state index contributed by atoms with van der Waals surface area (Å²) in [6.07, 6.45) is 0. The molecule has 2 aromatic rings. The van der Waals surface area contributed by atoms with Gasteiger partial charge in [-0.2, -0.15) is 5.26 Å². The van der Waals surface area contributed by atoms with Crippen LogP contribution in [0.1, 0.15) is 5.56 Å². The van der Waals surface area contributed by atoms with Gasteiger partial charge in [-0.05, 0) is 35.9 Å². The van der Waals surface area contributed by atoms with Gasteiger partial charge in [0, 0.05) is 6.54 Å². The van der Waals surface area contributed by atoms with Crippen LogP contribution in [0.3, 0.4) is 0 Å². The average Bonchev–Trinajstić information content (AvgIpc) is 2.45. The summed E-state index contributed by atoms with van der Waals surface area (Å²) in [7, 11) is 0. The van der Waals surface area contributed by atoms with Crippen molar-refractivity contribution in [3.63, 3.8) is 0 Å². The van der Waals surface area contributed by atoms with Crippen molar-refractivity contribution in [3.05, 3.63) is 58.9 Å². The van der Waals surface area contributed by atoms with Crippen molar-refractivity contribution in [2.75, 3.05) is 11.9 Å². The number of benzene rings is 2. The van der Waals surface area contributed by atoms with Gasteiger partial charge in [0.1, 0.15) is 17.6 Å². The van der Waals surface area contributed by atoms with Crippen LogP contribution in [-0.2, 0) is 6.54 Å². The van der Waals surface area contributed by atoms with Gasteiger partial charge in [0.2, 0.25) is 0 Å². The first-order valence-corrected chi connectivity index (χ1v) is 6.34. The number of nitrogens with one attached hydrogen (secondary N) is 1. The van der Waals surface area contributed by atoms with Crippen LogP contribution >= 0.6 is 11.6 Å². The predicted octanol–water partition coefficient (Wildman–Crippen LogP) is 3.99. The van der Waals surface area contributed by atoms with Crippen molar-refractivity contribution in [1.82, 2.24) is 0 Å². The monoisotopic (exact) mass is 290 g/mol. The minimum absolute atomic E-state index is 0.0305. The lowest BCUT2D eigenvalue weighted by Gasteiger charge is -2.09. The Balaban J connectivity index is 1.95. The number of ether oxygens (including phenoxy) is 1. The molecule has 0 aliphatic heterocycles. The molecule has 0 heterocycles. The highest BCUT2D eigenvalue weighted by Crippen LogP contribution is 2.23. The van der Waals surface area contributed by atoms with Crippen LogP contribution in [-0.4, -0.2) is 6.61 Å². The molecule has 0 spiro atoms. The molecule has 0 amide bonds. The highest BCUT2D eigenvalue weighted by Gasteiger charge is 2.02. The SMILES string of the molecule is N#CCOc1ccc(CNc2ccc(F)cc2Cl)cc1. The first-order valence-electron chi connectivity index (χ1n) is 5.96. The summed E-state index contributed by atoms with van der Waals surface area (Å²) in [5.74, 6) is 0.287. The van der Waals surface area contributed by atoms with Crippen LogP contribution in [0.4, 0.5) is 10.1 Å². The summed E-state index contributed by atoms with van der Waals surface area (Å²) in [6.45, 7) is 0.590. The lowest BCUT2D eigenvalue weighted by molar-refractivity contribution is 0.368. The van der Waals surface area contributed by atoms with E-state index in [1.54, 1.807) is 18.2 Å². The molecule has 3 nitrogen and oxygen atoms in total. The summed E-state index contributed by atoms with van der Waals surface area (Å²) in [5, 5.41) is 11.9. The van der Waals surface area contributed by atoms with Crippen LogP contribution in [0.15, 0.2) is 42.5 Å². The maximum atomic E-state index is 12.9. The van der Waals surface area contributed by atoms with Crippen molar-refractivity contribution in [2.45, 2.75) is 6.54 Å². The van der Waals surface area contributed by atoms with Gasteiger partial charge in [-0.15, -0.1) is 0 Å². The smallest absolute Gasteiger partial charge is 0.174 e. The number of hydrogen-bond acceptors (Lipinski definition) is 3. The molecule has 0 atom stereocenters. The van der Waals surface area contributed by atoms with Crippen molar-refractivity contribution in [2.24, 2.45) is 0 Å². The van der Waals surface area contributed by atoms with E-state index < -0.39 is 0 Å². The van der Waals surface area contributed by atoms with Crippen molar-refractivity contribution < 1.29 is 9.13 Å². The summed E-state index contributed by atoms with van der Waals surface area (Å²) in [5.41, 5.74) is 1.70. The molecular weight excluding hydrogens is 279 g/mol. The quantitative estimate of drug-likeness (QED) is 0.905. The zero-order valence-corrected chi connectivity index (χ0v) is 11.3. The molecule has 0 radical (unpaired) electrons. The average molecular weight is 291 g/mol. The highest BCUT2D eigenvalue weighted by molar-refractivity contribution is 6.33. The molecule has 1 N–H and O–H groups in total. The Morgan fingerprint density at radius 1 is 1.20 bits per heavy atom. The number of anilines is 1. The van der Waals surface area contributed by atoms with E-state index in [0.717, 1.165) is 5.56 Å². The highest BCUT2D eigenvalue weighted by atomic mass is 35.5. The standard InChI is InChI=1S/C15H12ClFN2O/c16-14-9-12(17)3-6-15(14)19-10-11-1-4-13(5-2-11)20-8-7-18/h1-6,9,19H,8,10H2. The first-order chi connectivity index (χ1) is 9.69. The van der Waals surface area contributed by atoms with Gasteiger partial charge in [-0.1, -0.05) is 23.7 Å². The number of rotatable bonds is 5. The van der Waals surface area contributed by atoms with Crippen LogP contribution in [0, 0.1) is 17.1 Å². The van der Waals surface area contributed by atoms with Gasteiger partial charge in [-0.3, -0.25) is 0 Å². The molecule has 0 bridgehead atoms. The van der Waals surface area contributed by atoms with Crippen molar-refractivity contribution in [1.29, 1.82) is 5.26 Å². The molecule has 0 aliphatic rings. The van der Waals surface area contributed by atoms with Gasteiger partial charge in [0.15, 0.2) is 6.61 Å². The summed E-state index contributed by atoms with van der Waals surface area (Å²) >= 11 is 5.93. The van der Waals surface area contributed by atoms with Crippen LogP contribution < -0.4 is 10.1 Å². The zero-order chi connectivity index (χ0) is 14.4. The van der Waals surface area contributed by atoms with Crippen LogP contribution in [0.25, 0.3) is 0 Å². The Hall–Kier alpha value is -2.25. The summed E-state index contributed by atoms with van der Waals surface area (Å²) < 4.78 is 18.1. The largest absolute Gasteiger partial charge is 0.479 e. The topological polar surface area (TPSA) is 45.0 Å². The van der Waals surface area contributed by atoms with E-state index in [1.165, 1.54) is 12.1 Å². The number of nitriles is 1. The second kappa shape index (κ2) is 6.78. The minimum Gasteiger partial charge on any atom is -0.479 e. The number of nitrogens with zero attached hydrogens (tertiary/aromatic N) is 1. The summed E-state index contributed by atoms with van der Waals surface area (Å²) in [4.78, 5) is 0. The van der Waals surface area contributed by atoms with Gasteiger partial charge < -0.3 is 10.1 Å². The van der Waals surface area contributed by atoms with E-state index in [-0.39, 0.29) is 12.4 Å². The van der Waals surface area contributed by atoms with Crippen molar-refractivity contribution >= 4 is 17.3 Å². The third-order valence-corrected chi connectivity index (χ3v) is 2.95. The Bertz CT molecular complexity index is 623. The fraction of sp³-hybridized carbons (Fsp3) is 0.133. The predicted molar refractivity (Wildman–Crippen MR) is 76.3 cm³/mol. The summed E-state index contributed by atoms with van der Waals surface area (Å²) in [6, 6.07) is 13.5. The first kappa shape index (κ1) is 14.2. The van der Waals surface area contributed by atoms with Crippen LogP contribution in [0.2, 0.25) is 5.02 Å². The Morgan fingerprint density at radius 3 is 2.60 bits per heavy atom. The maximum Gasteiger partial charge on any atom is 0.174 e. The molecule has 20 heavy (non-hydrogen) atoms. The van der Waals surface area contributed by atoms with Gasteiger partial charge in [0.25, 0.3) is 0 Å². The minimum atomic E-state index is -0.362.